The van der Waals surface area contributed by atoms with E-state index in [2.05, 4.69) is 217 Å². The summed E-state index contributed by atoms with van der Waals surface area (Å²) in [4.78, 5) is 2.39. The monoisotopic (exact) mass is 678 g/mol. The van der Waals surface area contributed by atoms with Crippen LogP contribution < -0.4 is 4.90 Å². The van der Waals surface area contributed by atoms with Crippen molar-refractivity contribution in [3.63, 3.8) is 0 Å². The van der Waals surface area contributed by atoms with Gasteiger partial charge in [-0.2, -0.15) is 0 Å². The molecular weight excluding hydrogens is 641 g/mol. The largest absolute Gasteiger partial charge is 0.310 e. The van der Waals surface area contributed by atoms with E-state index in [1.165, 1.54) is 72.0 Å². The third-order valence-electron chi connectivity index (χ3n) is 11.1. The summed E-state index contributed by atoms with van der Waals surface area (Å²) >= 11 is 0. The second-order valence-corrected chi connectivity index (χ2v) is 14.6. The van der Waals surface area contributed by atoms with E-state index >= 15 is 0 Å². The lowest BCUT2D eigenvalue weighted by Gasteiger charge is -2.28. The smallest absolute Gasteiger partial charge is 0.0544 e. The van der Waals surface area contributed by atoms with Crippen molar-refractivity contribution in [1.82, 2.24) is 4.57 Å². The van der Waals surface area contributed by atoms with Crippen LogP contribution in [0.1, 0.15) is 25.0 Å². The lowest BCUT2D eigenvalue weighted by atomic mass is 9.82. The number of anilines is 3. The SMILES string of the molecule is CC1(C)c2cc(N(c3ccccc3)c3cccc(-c4ccccc4)c3)ccc2-c2cc3c4ccccc4n(-c4cccc(-c5ccccc5)c4)c3cc21. The Balaban J connectivity index is 1.13. The summed E-state index contributed by atoms with van der Waals surface area (Å²) in [6.45, 7) is 4.78. The summed E-state index contributed by atoms with van der Waals surface area (Å²) in [6, 6.07) is 70.7. The first kappa shape index (κ1) is 31.1. The highest BCUT2D eigenvalue weighted by Crippen LogP contribution is 2.53. The predicted octanol–water partition coefficient (Wildman–Crippen LogP) is 13.9. The zero-order chi connectivity index (χ0) is 35.5. The Morgan fingerprint density at radius 3 is 1.68 bits per heavy atom. The molecule has 0 amide bonds. The fraction of sp³-hybridized carbons (Fsp3) is 0.0588. The molecule has 1 aromatic heterocycles. The normalized spacial score (nSPS) is 12.9. The molecule has 1 aliphatic rings. The van der Waals surface area contributed by atoms with Gasteiger partial charge in [0.1, 0.15) is 0 Å². The van der Waals surface area contributed by atoms with Crippen LogP contribution in [0.4, 0.5) is 17.1 Å². The standard InChI is InChI=1S/C51H38N2/c1-51(2)47-32-42(52(39-22-10-5-11-23-39)40-24-14-20-37(30-40)35-16-6-3-7-17-35)28-29-43(47)45-33-46-44-26-12-13-27-49(44)53(50(46)34-48(45)51)41-25-15-21-38(31-41)36-18-8-4-9-19-36/h3-34H,1-2H3. The molecule has 2 heteroatoms. The number of fused-ring (bicyclic) bond motifs is 6. The number of hydrogen-bond acceptors (Lipinski definition) is 1. The maximum Gasteiger partial charge on any atom is 0.0544 e. The number of hydrogen-bond donors (Lipinski definition) is 0. The van der Waals surface area contributed by atoms with Crippen LogP contribution in [-0.4, -0.2) is 4.57 Å². The van der Waals surface area contributed by atoms with Gasteiger partial charge in [0.15, 0.2) is 0 Å². The Kier molecular flexibility index (Phi) is 7.19. The van der Waals surface area contributed by atoms with Crippen molar-refractivity contribution in [3.8, 4) is 39.1 Å². The van der Waals surface area contributed by atoms with Crippen LogP contribution in [0, 0.1) is 0 Å². The Bertz CT molecular complexity index is 2790. The van der Waals surface area contributed by atoms with E-state index < -0.39 is 0 Å². The molecule has 0 spiro atoms. The van der Waals surface area contributed by atoms with E-state index in [4.69, 9.17) is 0 Å². The van der Waals surface area contributed by atoms with Crippen LogP contribution in [0.3, 0.4) is 0 Å². The van der Waals surface area contributed by atoms with E-state index in [0.717, 1.165) is 17.1 Å². The molecule has 252 valence electrons. The van der Waals surface area contributed by atoms with Crippen molar-refractivity contribution in [2.75, 3.05) is 4.90 Å². The molecule has 0 N–H and O–H groups in total. The quantitative estimate of drug-likeness (QED) is 0.170. The van der Waals surface area contributed by atoms with Gasteiger partial charge in [-0.25, -0.2) is 0 Å². The van der Waals surface area contributed by atoms with Crippen molar-refractivity contribution in [2.45, 2.75) is 19.3 Å². The van der Waals surface area contributed by atoms with Gasteiger partial charge < -0.3 is 9.47 Å². The predicted molar refractivity (Wildman–Crippen MR) is 224 cm³/mol. The topological polar surface area (TPSA) is 8.17 Å². The van der Waals surface area contributed by atoms with Crippen molar-refractivity contribution in [1.29, 1.82) is 0 Å². The van der Waals surface area contributed by atoms with E-state index in [1.807, 2.05) is 0 Å². The number of benzene rings is 8. The molecule has 0 fully saturated rings. The molecule has 0 aliphatic heterocycles. The van der Waals surface area contributed by atoms with Crippen LogP contribution in [0.15, 0.2) is 194 Å². The van der Waals surface area contributed by atoms with Crippen molar-refractivity contribution in [2.24, 2.45) is 0 Å². The van der Waals surface area contributed by atoms with Gasteiger partial charge >= 0.3 is 0 Å². The molecule has 0 atom stereocenters. The first-order valence-corrected chi connectivity index (χ1v) is 18.4. The maximum absolute atomic E-state index is 2.47. The molecule has 2 nitrogen and oxygen atoms in total. The number of aromatic nitrogens is 1. The number of rotatable bonds is 6. The average Bonchev–Trinajstić information content (AvgIpc) is 3.66. The first-order chi connectivity index (χ1) is 26.0. The second-order valence-electron chi connectivity index (χ2n) is 14.6. The van der Waals surface area contributed by atoms with Gasteiger partial charge in [0, 0.05) is 38.9 Å². The van der Waals surface area contributed by atoms with E-state index in [0.29, 0.717) is 0 Å². The summed E-state index contributed by atoms with van der Waals surface area (Å²) in [7, 11) is 0. The Hall–Kier alpha value is -6.64. The Morgan fingerprint density at radius 1 is 0.377 bits per heavy atom. The molecular formula is C51H38N2. The highest BCUT2D eigenvalue weighted by atomic mass is 15.1. The molecule has 1 aliphatic carbocycles. The van der Waals surface area contributed by atoms with Gasteiger partial charge in [-0.3, -0.25) is 0 Å². The van der Waals surface area contributed by atoms with Gasteiger partial charge in [-0.1, -0.05) is 141 Å². The molecule has 0 unspecified atom stereocenters. The van der Waals surface area contributed by atoms with Gasteiger partial charge in [0.2, 0.25) is 0 Å². The van der Waals surface area contributed by atoms with Crippen LogP contribution in [0.25, 0.3) is 60.9 Å². The second kappa shape index (κ2) is 12.3. The minimum absolute atomic E-state index is 0.212. The Morgan fingerprint density at radius 2 is 0.943 bits per heavy atom. The van der Waals surface area contributed by atoms with Crippen LogP contribution >= 0.6 is 0 Å². The average molecular weight is 679 g/mol. The third kappa shape index (κ3) is 5.10. The first-order valence-electron chi connectivity index (χ1n) is 18.4. The van der Waals surface area contributed by atoms with Crippen LogP contribution in [0.2, 0.25) is 0 Å². The summed E-state index contributed by atoms with van der Waals surface area (Å²) in [5.41, 5.74) is 17.0. The lowest BCUT2D eigenvalue weighted by molar-refractivity contribution is 0.661. The highest BCUT2D eigenvalue weighted by molar-refractivity contribution is 6.11. The molecule has 0 bridgehead atoms. The fourth-order valence-electron chi connectivity index (χ4n) is 8.54. The summed E-state index contributed by atoms with van der Waals surface area (Å²) in [5, 5.41) is 2.55. The molecule has 0 saturated heterocycles. The van der Waals surface area contributed by atoms with Gasteiger partial charge in [-0.05, 0) is 111 Å². The summed E-state index contributed by atoms with van der Waals surface area (Å²) in [5.74, 6) is 0. The molecule has 1 heterocycles. The van der Waals surface area contributed by atoms with Crippen LogP contribution in [-0.2, 0) is 5.41 Å². The molecule has 0 radical (unpaired) electrons. The number of para-hydroxylation sites is 2. The van der Waals surface area contributed by atoms with Gasteiger partial charge in [0.25, 0.3) is 0 Å². The summed E-state index contributed by atoms with van der Waals surface area (Å²) in [6.07, 6.45) is 0. The summed E-state index contributed by atoms with van der Waals surface area (Å²) < 4.78 is 2.46. The highest BCUT2D eigenvalue weighted by Gasteiger charge is 2.37. The zero-order valence-electron chi connectivity index (χ0n) is 29.9. The maximum atomic E-state index is 2.47. The zero-order valence-corrected chi connectivity index (χ0v) is 29.9. The van der Waals surface area contributed by atoms with Crippen molar-refractivity contribution < 1.29 is 0 Å². The van der Waals surface area contributed by atoms with Crippen molar-refractivity contribution >= 4 is 38.9 Å². The Labute approximate surface area is 310 Å². The minimum Gasteiger partial charge on any atom is -0.310 e. The molecule has 0 saturated carbocycles. The van der Waals surface area contributed by atoms with Crippen LogP contribution in [0.5, 0.6) is 0 Å². The fourth-order valence-corrected chi connectivity index (χ4v) is 8.54. The van der Waals surface area contributed by atoms with E-state index in [-0.39, 0.29) is 5.41 Å². The molecule has 10 rings (SSSR count). The number of nitrogens with zero attached hydrogens (tertiary/aromatic N) is 2. The minimum atomic E-state index is -0.212. The molecule has 9 aromatic rings. The van der Waals surface area contributed by atoms with Gasteiger partial charge in [-0.15, -0.1) is 0 Å². The van der Waals surface area contributed by atoms with E-state index in [9.17, 15) is 0 Å². The molecule has 8 aromatic carbocycles. The van der Waals surface area contributed by atoms with E-state index in [1.54, 1.807) is 0 Å². The van der Waals surface area contributed by atoms with Gasteiger partial charge in [0.05, 0.1) is 11.0 Å². The lowest BCUT2D eigenvalue weighted by Crippen LogP contribution is -2.16. The molecule has 53 heavy (non-hydrogen) atoms. The van der Waals surface area contributed by atoms with Crippen molar-refractivity contribution in [3.05, 3.63) is 205 Å². The third-order valence-corrected chi connectivity index (χ3v) is 11.1.